The van der Waals surface area contributed by atoms with Crippen LogP contribution in [0.1, 0.15) is 33.1 Å². The Balaban J connectivity index is 2.06. The molecule has 1 rings (SSSR count). The number of hydrogen-bond donors (Lipinski definition) is 1. The maximum Gasteiger partial charge on any atom is 0.407 e. The van der Waals surface area contributed by atoms with Gasteiger partial charge < -0.3 is 10.1 Å². The summed E-state index contributed by atoms with van der Waals surface area (Å²) in [6, 6.07) is 0.369. The minimum Gasteiger partial charge on any atom is -0.450 e. The van der Waals surface area contributed by atoms with Crippen molar-refractivity contribution < 1.29 is 9.53 Å². The average molecular weight is 171 g/mol. The molecule has 0 spiro atoms. The molecular formula is C9H17NO2. The number of nitrogens with one attached hydrogen (secondary N) is 1. The van der Waals surface area contributed by atoms with E-state index in [1.54, 1.807) is 0 Å². The molecule has 0 aromatic rings. The maximum atomic E-state index is 10.9. The van der Waals surface area contributed by atoms with Gasteiger partial charge in [-0.3, -0.25) is 0 Å². The van der Waals surface area contributed by atoms with Crippen molar-refractivity contribution in [2.45, 2.75) is 39.2 Å². The van der Waals surface area contributed by atoms with E-state index in [0.717, 1.165) is 18.8 Å². The first-order valence-electron chi connectivity index (χ1n) is 4.69. The SMILES string of the molecule is CCOC(=O)N[C@H]1C[C@H](CC)C1. The zero-order chi connectivity index (χ0) is 8.97. The topological polar surface area (TPSA) is 38.3 Å². The second kappa shape index (κ2) is 4.33. The van der Waals surface area contributed by atoms with Crippen LogP contribution in [0.4, 0.5) is 4.79 Å². The molecule has 0 saturated heterocycles. The second-order valence-electron chi connectivity index (χ2n) is 3.31. The summed E-state index contributed by atoms with van der Waals surface area (Å²) in [6.45, 7) is 4.45. The summed E-state index contributed by atoms with van der Waals surface area (Å²) in [5.74, 6) is 0.817. The molecule has 3 nitrogen and oxygen atoms in total. The van der Waals surface area contributed by atoms with Gasteiger partial charge in [-0.05, 0) is 25.7 Å². The highest BCUT2D eigenvalue weighted by Crippen LogP contribution is 2.29. The van der Waals surface area contributed by atoms with Gasteiger partial charge in [-0.2, -0.15) is 0 Å². The van der Waals surface area contributed by atoms with Gasteiger partial charge in [0.05, 0.1) is 6.61 Å². The van der Waals surface area contributed by atoms with Crippen molar-refractivity contribution in [2.24, 2.45) is 5.92 Å². The Kier molecular flexibility index (Phi) is 3.38. The van der Waals surface area contributed by atoms with Crippen molar-refractivity contribution >= 4 is 6.09 Å². The van der Waals surface area contributed by atoms with Crippen LogP contribution < -0.4 is 5.32 Å². The highest BCUT2D eigenvalue weighted by atomic mass is 16.5. The average Bonchev–Trinajstić information content (AvgIpc) is 1.96. The molecule has 0 atom stereocenters. The summed E-state index contributed by atoms with van der Waals surface area (Å²) in [6.07, 6.45) is 3.20. The van der Waals surface area contributed by atoms with Crippen molar-refractivity contribution in [3.63, 3.8) is 0 Å². The molecule has 12 heavy (non-hydrogen) atoms. The third kappa shape index (κ3) is 2.40. The molecule has 0 aromatic carbocycles. The van der Waals surface area contributed by atoms with Gasteiger partial charge in [-0.15, -0.1) is 0 Å². The van der Waals surface area contributed by atoms with Crippen molar-refractivity contribution in [2.75, 3.05) is 6.61 Å². The number of ether oxygens (including phenoxy) is 1. The predicted molar refractivity (Wildman–Crippen MR) is 47.0 cm³/mol. The summed E-state index contributed by atoms with van der Waals surface area (Å²) >= 11 is 0. The van der Waals surface area contributed by atoms with Crippen LogP contribution >= 0.6 is 0 Å². The van der Waals surface area contributed by atoms with Crippen molar-refractivity contribution in [3.8, 4) is 0 Å². The molecule has 0 bridgehead atoms. The minimum absolute atomic E-state index is 0.267. The molecular weight excluding hydrogens is 154 g/mol. The zero-order valence-corrected chi connectivity index (χ0v) is 7.80. The molecule has 1 saturated carbocycles. The van der Waals surface area contributed by atoms with E-state index in [4.69, 9.17) is 4.74 Å². The van der Waals surface area contributed by atoms with Gasteiger partial charge in [0, 0.05) is 6.04 Å². The van der Waals surface area contributed by atoms with E-state index >= 15 is 0 Å². The Morgan fingerprint density at radius 2 is 2.17 bits per heavy atom. The van der Waals surface area contributed by atoms with E-state index in [2.05, 4.69) is 12.2 Å². The number of carbonyl (C=O) groups is 1. The second-order valence-corrected chi connectivity index (χ2v) is 3.31. The lowest BCUT2D eigenvalue weighted by Gasteiger charge is -2.34. The molecule has 1 aliphatic rings. The highest BCUT2D eigenvalue weighted by molar-refractivity contribution is 5.67. The lowest BCUT2D eigenvalue weighted by molar-refractivity contribution is 0.131. The van der Waals surface area contributed by atoms with E-state index in [1.807, 2.05) is 6.92 Å². The van der Waals surface area contributed by atoms with Crippen LogP contribution in [0.15, 0.2) is 0 Å². The Morgan fingerprint density at radius 1 is 1.50 bits per heavy atom. The first-order chi connectivity index (χ1) is 5.76. The van der Waals surface area contributed by atoms with E-state index in [0.29, 0.717) is 12.6 Å². The van der Waals surface area contributed by atoms with Gasteiger partial charge >= 0.3 is 6.09 Å². The lowest BCUT2D eigenvalue weighted by atomic mass is 9.79. The van der Waals surface area contributed by atoms with Gasteiger partial charge in [0.2, 0.25) is 0 Å². The van der Waals surface area contributed by atoms with Gasteiger partial charge in [-0.1, -0.05) is 13.3 Å². The predicted octanol–water partition coefficient (Wildman–Crippen LogP) is 1.92. The molecule has 70 valence electrons. The molecule has 1 fully saturated rings. The fourth-order valence-electron chi connectivity index (χ4n) is 1.53. The van der Waals surface area contributed by atoms with Crippen LogP contribution in [0, 0.1) is 5.92 Å². The highest BCUT2D eigenvalue weighted by Gasteiger charge is 2.28. The summed E-state index contributed by atoms with van der Waals surface area (Å²) in [7, 11) is 0. The molecule has 0 aromatic heterocycles. The number of amides is 1. The molecule has 0 unspecified atom stereocenters. The van der Waals surface area contributed by atoms with Crippen LogP contribution in [0.25, 0.3) is 0 Å². The largest absolute Gasteiger partial charge is 0.450 e. The van der Waals surface area contributed by atoms with E-state index < -0.39 is 0 Å². The summed E-state index contributed by atoms with van der Waals surface area (Å²) in [4.78, 5) is 10.9. The number of hydrogen-bond acceptors (Lipinski definition) is 2. The Morgan fingerprint density at radius 3 is 2.67 bits per heavy atom. The monoisotopic (exact) mass is 171 g/mol. The first kappa shape index (κ1) is 9.36. The molecule has 1 aliphatic carbocycles. The molecule has 0 radical (unpaired) electrons. The van der Waals surface area contributed by atoms with Crippen LogP contribution in [0.2, 0.25) is 0 Å². The maximum absolute atomic E-state index is 10.9. The van der Waals surface area contributed by atoms with Gasteiger partial charge in [-0.25, -0.2) is 4.79 Å². The zero-order valence-electron chi connectivity index (χ0n) is 7.80. The third-order valence-corrected chi connectivity index (χ3v) is 2.41. The fraction of sp³-hybridized carbons (Fsp3) is 0.889. The number of rotatable bonds is 3. The lowest BCUT2D eigenvalue weighted by Crippen LogP contribution is -2.44. The van der Waals surface area contributed by atoms with Crippen molar-refractivity contribution in [1.82, 2.24) is 5.32 Å². The van der Waals surface area contributed by atoms with Crippen LogP contribution in [0.5, 0.6) is 0 Å². The van der Waals surface area contributed by atoms with Crippen molar-refractivity contribution in [1.29, 1.82) is 0 Å². The normalized spacial score (nSPS) is 27.5. The Hall–Kier alpha value is -0.730. The van der Waals surface area contributed by atoms with Gasteiger partial charge in [0.25, 0.3) is 0 Å². The summed E-state index contributed by atoms with van der Waals surface area (Å²) in [5, 5.41) is 2.82. The molecule has 1 N–H and O–H groups in total. The molecule has 1 amide bonds. The van der Waals surface area contributed by atoms with Crippen LogP contribution in [-0.2, 0) is 4.74 Å². The quantitative estimate of drug-likeness (QED) is 0.704. The summed E-state index contributed by atoms with van der Waals surface area (Å²) < 4.78 is 4.77. The molecule has 0 aliphatic heterocycles. The van der Waals surface area contributed by atoms with Crippen molar-refractivity contribution in [3.05, 3.63) is 0 Å². The van der Waals surface area contributed by atoms with Crippen LogP contribution in [-0.4, -0.2) is 18.7 Å². The van der Waals surface area contributed by atoms with E-state index in [1.165, 1.54) is 6.42 Å². The third-order valence-electron chi connectivity index (χ3n) is 2.41. The fourth-order valence-corrected chi connectivity index (χ4v) is 1.53. The van der Waals surface area contributed by atoms with Gasteiger partial charge in [0.15, 0.2) is 0 Å². The Labute approximate surface area is 73.5 Å². The first-order valence-corrected chi connectivity index (χ1v) is 4.69. The standard InChI is InChI=1S/C9H17NO2/c1-3-7-5-8(6-7)10-9(11)12-4-2/h7-8H,3-6H2,1-2H3,(H,10,11)/t7-,8-. The van der Waals surface area contributed by atoms with E-state index in [9.17, 15) is 4.79 Å². The smallest absolute Gasteiger partial charge is 0.407 e. The van der Waals surface area contributed by atoms with Crippen LogP contribution in [0.3, 0.4) is 0 Å². The number of carbonyl (C=O) groups excluding carboxylic acids is 1. The summed E-state index contributed by atoms with van der Waals surface area (Å²) in [5.41, 5.74) is 0. The van der Waals surface area contributed by atoms with E-state index in [-0.39, 0.29) is 6.09 Å². The number of alkyl carbamates (subject to hydrolysis) is 1. The van der Waals surface area contributed by atoms with Gasteiger partial charge in [0.1, 0.15) is 0 Å². The molecule has 3 heteroatoms. The minimum atomic E-state index is -0.267. The Bertz CT molecular complexity index is 153. The molecule has 0 heterocycles.